The Morgan fingerprint density at radius 1 is 1.00 bits per heavy atom. The summed E-state index contributed by atoms with van der Waals surface area (Å²) in [5.41, 5.74) is 0.573. The third-order valence-corrected chi connectivity index (χ3v) is 4.83. The Morgan fingerprint density at radius 2 is 1.67 bits per heavy atom. The summed E-state index contributed by atoms with van der Waals surface area (Å²) in [7, 11) is -3.82. The fourth-order valence-corrected chi connectivity index (χ4v) is 3.38. The summed E-state index contributed by atoms with van der Waals surface area (Å²) in [5, 5.41) is 2.15. The number of sulfonamides is 1. The van der Waals surface area contributed by atoms with E-state index in [0.29, 0.717) is 12.4 Å². The molecule has 0 saturated carbocycles. The van der Waals surface area contributed by atoms with Gasteiger partial charge in [0.25, 0.3) is 21.8 Å². The third kappa shape index (κ3) is 2.95. The molecule has 0 aromatic heterocycles. The van der Waals surface area contributed by atoms with Crippen molar-refractivity contribution in [3.63, 3.8) is 0 Å². The second-order valence-corrected chi connectivity index (χ2v) is 6.74. The molecule has 2 aromatic carbocycles. The topological polar surface area (TPSA) is 102 Å². The molecule has 124 valence electrons. The standard InChI is InChI=1S/C16H14N2O5S/c1-2-23-11-4-6-12(7-5-11)24(21,22)18-10-3-8-13-14(9-10)16(20)17-15(13)19/h3-9,18H,2H2,1H3,(H,17,19,20). The van der Waals surface area contributed by atoms with Gasteiger partial charge in [-0.05, 0) is 49.4 Å². The van der Waals surface area contributed by atoms with Crippen LogP contribution >= 0.6 is 0 Å². The smallest absolute Gasteiger partial charge is 0.261 e. The largest absolute Gasteiger partial charge is 0.494 e. The quantitative estimate of drug-likeness (QED) is 0.804. The van der Waals surface area contributed by atoms with Crippen LogP contribution in [0.2, 0.25) is 0 Å². The Hall–Kier alpha value is -2.87. The minimum Gasteiger partial charge on any atom is -0.494 e. The van der Waals surface area contributed by atoms with Crippen molar-refractivity contribution in [2.75, 3.05) is 11.3 Å². The molecule has 1 aliphatic rings. The van der Waals surface area contributed by atoms with Crippen molar-refractivity contribution in [3.05, 3.63) is 53.6 Å². The summed E-state index contributed by atoms with van der Waals surface area (Å²) in [6.07, 6.45) is 0. The van der Waals surface area contributed by atoms with Crippen molar-refractivity contribution in [3.8, 4) is 5.75 Å². The lowest BCUT2D eigenvalue weighted by atomic mass is 10.1. The van der Waals surface area contributed by atoms with Crippen molar-refractivity contribution in [1.82, 2.24) is 5.32 Å². The van der Waals surface area contributed by atoms with E-state index in [1.54, 1.807) is 12.1 Å². The van der Waals surface area contributed by atoms with Crippen LogP contribution in [0.4, 0.5) is 5.69 Å². The van der Waals surface area contributed by atoms with Crippen molar-refractivity contribution in [2.45, 2.75) is 11.8 Å². The van der Waals surface area contributed by atoms with Crippen LogP contribution in [0.5, 0.6) is 5.75 Å². The molecule has 1 heterocycles. The molecule has 3 rings (SSSR count). The molecule has 0 saturated heterocycles. The molecule has 7 nitrogen and oxygen atoms in total. The summed E-state index contributed by atoms with van der Waals surface area (Å²) >= 11 is 0. The van der Waals surface area contributed by atoms with E-state index in [4.69, 9.17) is 4.74 Å². The van der Waals surface area contributed by atoms with Gasteiger partial charge in [0, 0.05) is 5.69 Å². The van der Waals surface area contributed by atoms with Crippen LogP contribution in [-0.2, 0) is 10.0 Å². The maximum absolute atomic E-state index is 12.4. The first-order chi connectivity index (χ1) is 11.4. The minimum atomic E-state index is -3.82. The van der Waals surface area contributed by atoms with Gasteiger partial charge in [0.1, 0.15) is 5.75 Å². The zero-order valence-electron chi connectivity index (χ0n) is 12.7. The van der Waals surface area contributed by atoms with Crippen LogP contribution < -0.4 is 14.8 Å². The fraction of sp³-hybridized carbons (Fsp3) is 0.125. The molecule has 8 heteroatoms. The number of nitrogens with one attached hydrogen (secondary N) is 2. The average molecular weight is 346 g/mol. The summed E-state index contributed by atoms with van der Waals surface area (Å²) in [6.45, 7) is 2.32. The lowest BCUT2D eigenvalue weighted by Crippen LogP contribution is -2.19. The zero-order valence-corrected chi connectivity index (χ0v) is 13.5. The molecule has 0 atom stereocenters. The van der Waals surface area contributed by atoms with Crippen LogP contribution in [0.15, 0.2) is 47.4 Å². The maximum atomic E-state index is 12.4. The Morgan fingerprint density at radius 3 is 2.33 bits per heavy atom. The number of ether oxygens (including phenoxy) is 1. The van der Waals surface area contributed by atoms with Crippen LogP contribution in [0, 0.1) is 0 Å². The second-order valence-electron chi connectivity index (χ2n) is 5.05. The number of carbonyl (C=O) groups excluding carboxylic acids is 2. The molecule has 0 radical (unpaired) electrons. The normalized spacial score (nSPS) is 13.4. The summed E-state index contributed by atoms with van der Waals surface area (Å²) < 4.78 is 32.5. The monoisotopic (exact) mass is 346 g/mol. The molecule has 2 N–H and O–H groups in total. The summed E-state index contributed by atoms with van der Waals surface area (Å²) in [5.74, 6) is -0.461. The van der Waals surface area contributed by atoms with Gasteiger partial charge in [-0.3, -0.25) is 19.6 Å². The van der Waals surface area contributed by atoms with Crippen LogP contribution in [0.25, 0.3) is 0 Å². The molecular weight excluding hydrogens is 332 g/mol. The van der Waals surface area contributed by atoms with Crippen molar-refractivity contribution in [2.24, 2.45) is 0 Å². The minimum absolute atomic E-state index is 0.0620. The van der Waals surface area contributed by atoms with Gasteiger partial charge in [-0.25, -0.2) is 8.42 Å². The van der Waals surface area contributed by atoms with E-state index < -0.39 is 21.8 Å². The summed E-state index contributed by atoms with van der Waals surface area (Å²) in [6, 6.07) is 10.2. The van der Waals surface area contributed by atoms with Gasteiger partial charge in [0.05, 0.1) is 22.6 Å². The van der Waals surface area contributed by atoms with E-state index in [1.807, 2.05) is 6.92 Å². The molecule has 0 bridgehead atoms. The van der Waals surface area contributed by atoms with E-state index in [9.17, 15) is 18.0 Å². The van der Waals surface area contributed by atoms with Gasteiger partial charge in [-0.15, -0.1) is 0 Å². The average Bonchev–Trinajstić information content (AvgIpc) is 2.82. The van der Waals surface area contributed by atoms with E-state index >= 15 is 0 Å². The predicted molar refractivity (Wildman–Crippen MR) is 86.7 cm³/mol. The van der Waals surface area contributed by atoms with Crippen LogP contribution in [-0.4, -0.2) is 26.8 Å². The van der Waals surface area contributed by atoms with E-state index in [2.05, 4.69) is 10.0 Å². The van der Waals surface area contributed by atoms with E-state index in [0.717, 1.165) is 0 Å². The highest BCUT2D eigenvalue weighted by Gasteiger charge is 2.27. The van der Waals surface area contributed by atoms with Gasteiger partial charge < -0.3 is 4.74 Å². The van der Waals surface area contributed by atoms with Gasteiger partial charge in [0.2, 0.25) is 0 Å². The predicted octanol–water partition coefficient (Wildman–Crippen LogP) is 1.77. The van der Waals surface area contributed by atoms with E-state index in [1.165, 1.54) is 30.3 Å². The number of rotatable bonds is 5. The van der Waals surface area contributed by atoms with Gasteiger partial charge in [0.15, 0.2) is 0 Å². The number of benzene rings is 2. The first kappa shape index (κ1) is 16.0. The third-order valence-electron chi connectivity index (χ3n) is 3.43. The first-order valence-electron chi connectivity index (χ1n) is 7.16. The van der Waals surface area contributed by atoms with Gasteiger partial charge in [-0.1, -0.05) is 0 Å². The Bertz CT molecular complexity index is 920. The molecule has 2 aromatic rings. The van der Waals surface area contributed by atoms with Crippen molar-refractivity contribution in [1.29, 1.82) is 0 Å². The van der Waals surface area contributed by atoms with Crippen LogP contribution in [0.3, 0.4) is 0 Å². The number of hydrogen-bond donors (Lipinski definition) is 2. The Labute approximate surface area is 138 Å². The number of hydrogen-bond acceptors (Lipinski definition) is 5. The highest BCUT2D eigenvalue weighted by molar-refractivity contribution is 7.92. The lowest BCUT2D eigenvalue weighted by molar-refractivity contribution is 0.0879. The fourth-order valence-electron chi connectivity index (χ4n) is 2.33. The molecule has 0 aliphatic carbocycles. The van der Waals surface area contributed by atoms with Crippen LogP contribution in [0.1, 0.15) is 27.6 Å². The number of imide groups is 1. The SMILES string of the molecule is CCOc1ccc(S(=O)(=O)Nc2ccc3c(c2)C(=O)NC3=O)cc1. The highest BCUT2D eigenvalue weighted by atomic mass is 32.2. The second kappa shape index (κ2) is 5.97. The number of anilines is 1. The zero-order chi connectivity index (χ0) is 17.3. The molecule has 2 amide bonds. The number of carbonyl (C=O) groups is 2. The summed E-state index contributed by atoms with van der Waals surface area (Å²) in [4.78, 5) is 23.2. The van der Waals surface area contributed by atoms with Gasteiger partial charge >= 0.3 is 0 Å². The maximum Gasteiger partial charge on any atom is 0.261 e. The molecule has 0 unspecified atom stereocenters. The van der Waals surface area contributed by atoms with E-state index in [-0.39, 0.29) is 21.7 Å². The molecule has 1 aliphatic heterocycles. The Kier molecular flexibility index (Phi) is 3.98. The first-order valence-corrected chi connectivity index (χ1v) is 8.64. The number of fused-ring (bicyclic) bond motifs is 1. The molecular formula is C16H14N2O5S. The highest BCUT2D eigenvalue weighted by Crippen LogP contribution is 2.23. The lowest BCUT2D eigenvalue weighted by Gasteiger charge is -2.09. The molecule has 0 spiro atoms. The molecule has 24 heavy (non-hydrogen) atoms. The number of amides is 2. The van der Waals surface area contributed by atoms with Gasteiger partial charge in [-0.2, -0.15) is 0 Å². The Balaban J connectivity index is 1.86. The van der Waals surface area contributed by atoms with Crippen molar-refractivity contribution >= 4 is 27.5 Å². The van der Waals surface area contributed by atoms with Crippen molar-refractivity contribution < 1.29 is 22.7 Å². The molecule has 0 fully saturated rings.